The molecule has 2 rings (SSSR count). The Kier molecular flexibility index (Phi) is 9.62. The summed E-state index contributed by atoms with van der Waals surface area (Å²) in [5.41, 5.74) is 1.19. The van der Waals surface area contributed by atoms with Crippen molar-refractivity contribution in [3.05, 3.63) is 35.9 Å². The number of carbonyl (C=O) groups excluding carboxylic acids is 1. The summed E-state index contributed by atoms with van der Waals surface area (Å²) in [6.07, 6.45) is 2.90. The zero-order valence-electron chi connectivity index (χ0n) is 17.2. The number of carbonyl (C=O) groups is 1. The summed E-state index contributed by atoms with van der Waals surface area (Å²) in [6, 6.07) is 10.3. The van der Waals surface area contributed by atoms with Gasteiger partial charge in [-0.15, -0.1) is 0 Å². The van der Waals surface area contributed by atoms with Gasteiger partial charge in [0, 0.05) is 26.7 Å². The first-order valence-electron chi connectivity index (χ1n) is 10.2. The van der Waals surface area contributed by atoms with Crippen molar-refractivity contribution in [1.29, 1.82) is 0 Å². The van der Waals surface area contributed by atoms with Crippen molar-refractivity contribution >= 4 is 12.1 Å². The number of guanidine groups is 1. The quantitative estimate of drug-likeness (QED) is 0.307. The Morgan fingerprint density at radius 2 is 2.00 bits per heavy atom. The zero-order chi connectivity index (χ0) is 20.2. The van der Waals surface area contributed by atoms with Crippen LogP contribution in [-0.2, 0) is 9.47 Å². The molecule has 0 aliphatic heterocycles. The molecule has 1 aromatic rings. The monoisotopic (exact) mass is 390 g/mol. The number of benzene rings is 1. The fourth-order valence-corrected chi connectivity index (χ4v) is 2.94. The maximum Gasteiger partial charge on any atom is 0.407 e. The van der Waals surface area contributed by atoms with Crippen molar-refractivity contribution in [2.24, 2.45) is 10.9 Å². The van der Waals surface area contributed by atoms with E-state index in [2.05, 4.69) is 40.0 Å². The van der Waals surface area contributed by atoms with Crippen molar-refractivity contribution in [2.45, 2.75) is 45.3 Å². The Labute approximate surface area is 168 Å². The van der Waals surface area contributed by atoms with E-state index in [-0.39, 0.29) is 18.2 Å². The first kappa shape index (κ1) is 22.0. The van der Waals surface area contributed by atoms with Crippen molar-refractivity contribution < 1.29 is 14.3 Å². The topological polar surface area (TPSA) is 84.0 Å². The third-order valence-electron chi connectivity index (χ3n) is 4.73. The van der Waals surface area contributed by atoms with Crippen molar-refractivity contribution in [1.82, 2.24) is 16.0 Å². The Balaban J connectivity index is 1.62. The van der Waals surface area contributed by atoms with Gasteiger partial charge in [0.25, 0.3) is 0 Å². The Hall–Kier alpha value is -2.28. The Morgan fingerprint density at radius 1 is 1.25 bits per heavy atom. The summed E-state index contributed by atoms with van der Waals surface area (Å²) >= 11 is 0. The number of amides is 1. The third kappa shape index (κ3) is 8.17. The number of rotatable bonds is 11. The molecule has 1 aliphatic rings. The van der Waals surface area contributed by atoms with E-state index in [1.165, 1.54) is 5.56 Å². The van der Waals surface area contributed by atoms with Gasteiger partial charge in [0.2, 0.25) is 0 Å². The summed E-state index contributed by atoms with van der Waals surface area (Å²) in [4.78, 5) is 15.9. The van der Waals surface area contributed by atoms with Crippen LogP contribution in [0.1, 0.15) is 44.8 Å². The van der Waals surface area contributed by atoms with Gasteiger partial charge in [-0.2, -0.15) is 0 Å². The van der Waals surface area contributed by atoms with Crippen LogP contribution in [-0.4, -0.2) is 51.4 Å². The fourth-order valence-electron chi connectivity index (χ4n) is 2.94. The van der Waals surface area contributed by atoms with Crippen LogP contribution >= 0.6 is 0 Å². The lowest BCUT2D eigenvalue weighted by Gasteiger charge is -2.20. The minimum absolute atomic E-state index is 0.0626. The highest BCUT2D eigenvalue weighted by molar-refractivity contribution is 5.79. The highest BCUT2D eigenvalue weighted by atomic mass is 16.5. The van der Waals surface area contributed by atoms with E-state index in [1.54, 1.807) is 14.0 Å². The average molecular weight is 391 g/mol. The second-order valence-corrected chi connectivity index (χ2v) is 6.97. The predicted molar refractivity (Wildman–Crippen MR) is 111 cm³/mol. The Morgan fingerprint density at radius 3 is 2.64 bits per heavy atom. The van der Waals surface area contributed by atoms with Gasteiger partial charge in [-0.3, -0.25) is 4.99 Å². The van der Waals surface area contributed by atoms with Crippen molar-refractivity contribution in [3.8, 4) is 0 Å². The predicted octanol–water partition coefficient (Wildman–Crippen LogP) is 2.84. The standard InChI is InChI=1S/C21H34N4O3/c1-4-27-21(26)25-19(18-11-12-18)15-24-20(22-3)23-13-8-14-28-16(2)17-9-6-5-7-10-17/h5-7,9-10,16,18-19H,4,8,11-15H2,1-3H3,(H,25,26)(H2,22,23,24). The van der Waals surface area contributed by atoms with Gasteiger partial charge in [0.1, 0.15) is 0 Å². The van der Waals surface area contributed by atoms with E-state index in [1.807, 2.05) is 18.2 Å². The van der Waals surface area contributed by atoms with Gasteiger partial charge < -0.3 is 25.4 Å². The summed E-state index contributed by atoms with van der Waals surface area (Å²) < 4.78 is 10.9. The van der Waals surface area contributed by atoms with E-state index in [9.17, 15) is 4.79 Å². The summed E-state index contributed by atoms with van der Waals surface area (Å²) in [5, 5.41) is 9.52. The molecule has 0 heterocycles. The van der Waals surface area contributed by atoms with Crippen LogP contribution < -0.4 is 16.0 Å². The van der Waals surface area contributed by atoms with Crippen LogP contribution in [0.15, 0.2) is 35.3 Å². The highest BCUT2D eigenvalue weighted by Crippen LogP contribution is 2.32. The molecular formula is C21H34N4O3. The molecule has 0 aromatic heterocycles. The number of alkyl carbamates (subject to hydrolysis) is 1. The number of ether oxygens (including phenoxy) is 2. The number of aliphatic imine (C=N–C) groups is 1. The molecule has 0 bridgehead atoms. The molecule has 1 saturated carbocycles. The molecule has 28 heavy (non-hydrogen) atoms. The number of nitrogens with zero attached hydrogens (tertiary/aromatic N) is 1. The molecule has 3 N–H and O–H groups in total. The summed E-state index contributed by atoms with van der Waals surface area (Å²) in [6.45, 7) is 6.32. The minimum atomic E-state index is -0.353. The fraction of sp³-hybridized carbons (Fsp3) is 0.619. The molecule has 2 atom stereocenters. The van der Waals surface area contributed by atoms with Crippen LogP contribution in [0.3, 0.4) is 0 Å². The van der Waals surface area contributed by atoms with Crippen LogP contribution in [0, 0.1) is 5.92 Å². The maximum atomic E-state index is 11.7. The van der Waals surface area contributed by atoms with Crippen molar-refractivity contribution in [2.75, 3.05) is 33.4 Å². The lowest BCUT2D eigenvalue weighted by Crippen LogP contribution is -2.48. The minimum Gasteiger partial charge on any atom is -0.450 e. The lowest BCUT2D eigenvalue weighted by molar-refractivity contribution is 0.0646. The molecule has 156 valence electrons. The molecule has 2 unspecified atom stereocenters. The van der Waals surface area contributed by atoms with Gasteiger partial charge >= 0.3 is 6.09 Å². The molecule has 0 radical (unpaired) electrons. The molecule has 0 spiro atoms. The lowest BCUT2D eigenvalue weighted by atomic mass is 10.1. The molecule has 1 aliphatic carbocycles. The first-order valence-corrected chi connectivity index (χ1v) is 10.2. The highest BCUT2D eigenvalue weighted by Gasteiger charge is 2.32. The maximum absolute atomic E-state index is 11.7. The molecule has 1 amide bonds. The van der Waals surface area contributed by atoms with Crippen LogP contribution in [0.25, 0.3) is 0 Å². The summed E-state index contributed by atoms with van der Waals surface area (Å²) in [7, 11) is 1.74. The Bertz CT molecular complexity index is 605. The molecule has 7 nitrogen and oxygen atoms in total. The van der Waals surface area contributed by atoms with E-state index in [0.717, 1.165) is 31.8 Å². The smallest absolute Gasteiger partial charge is 0.407 e. The van der Waals surface area contributed by atoms with E-state index in [0.29, 0.717) is 25.7 Å². The number of hydrogen-bond acceptors (Lipinski definition) is 4. The largest absolute Gasteiger partial charge is 0.450 e. The van der Waals surface area contributed by atoms with E-state index in [4.69, 9.17) is 9.47 Å². The van der Waals surface area contributed by atoms with Gasteiger partial charge in [-0.25, -0.2) is 4.79 Å². The van der Waals surface area contributed by atoms with Crippen LogP contribution in [0.2, 0.25) is 0 Å². The van der Waals surface area contributed by atoms with E-state index >= 15 is 0 Å². The normalized spacial score (nSPS) is 16.2. The summed E-state index contributed by atoms with van der Waals surface area (Å²) in [5.74, 6) is 1.25. The average Bonchev–Trinajstić information content (AvgIpc) is 3.55. The second kappa shape index (κ2) is 12.2. The first-order chi connectivity index (χ1) is 13.6. The molecule has 1 fully saturated rings. The van der Waals surface area contributed by atoms with Gasteiger partial charge in [0.05, 0.1) is 18.8 Å². The van der Waals surface area contributed by atoms with Gasteiger partial charge in [0.15, 0.2) is 5.96 Å². The number of nitrogens with one attached hydrogen (secondary N) is 3. The number of hydrogen-bond donors (Lipinski definition) is 3. The molecule has 7 heteroatoms. The van der Waals surface area contributed by atoms with Crippen LogP contribution in [0.4, 0.5) is 4.79 Å². The second-order valence-electron chi connectivity index (χ2n) is 6.97. The van der Waals surface area contributed by atoms with Gasteiger partial charge in [-0.1, -0.05) is 30.3 Å². The zero-order valence-corrected chi connectivity index (χ0v) is 17.2. The van der Waals surface area contributed by atoms with Crippen molar-refractivity contribution in [3.63, 3.8) is 0 Å². The molecular weight excluding hydrogens is 356 g/mol. The third-order valence-corrected chi connectivity index (χ3v) is 4.73. The molecule has 0 saturated heterocycles. The van der Waals surface area contributed by atoms with Gasteiger partial charge in [-0.05, 0) is 44.6 Å². The SMILES string of the molecule is CCOC(=O)NC(CNC(=NC)NCCCOC(C)c1ccccc1)C1CC1. The molecule has 1 aromatic carbocycles. The van der Waals surface area contributed by atoms with Crippen LogP contribution in [0.5, 0.6) is 0 Å². The van der Waals surface area contributed by atoms with E-state index < -0.39 is 0 Å².